The molecule has 0 aromatic heterocycles. The van der Waals surface area contributed by atoms with Gasteiger partial charge in [-0.3, -0.25) is 0 Å². The van der Waals surface area contributed by atoms with E-state index < -0.39 is 6.17 Å². The van der Waals surface area contributed by atoms with Gasteiger partial charge in [0.25, 0.3) is 0 Å². The van der Waals surface area contributed by atoms with Crippen molar-refractivity contribution in [3.63, 3.8) is 0 Å². The molecule has 3 fully saturated rings. The molecule has 0 heterocycles. The summed E-state index contributed by atoms with van der Waals surface area (Å²) in [5.41, 5.74) is 0.894. The zero-order valence-electron chi connectivity index (χ0n) is 18.7. The van der Waals surface area contributed by atoms with E-state index in [1.165, 1.54) is 77.0 Å². The molecule has 1 atom stereocenters. The minimum atomic E-state index is -0.754. The highest BCUT2D eigenvalue weighted by molar-refractivity contribution is 5.18. The van der Waals surface area contributed by atoms with Crippen molar-refractivity contribution in [3.8, 4) is 0 Å². The minimum absolute atomic E-state index is 0.253. The van der Waals surface area contributed by atoms with E-state index >= 15 is 0 Å². The number of hydrogen-bond acceptors (Lipinski definition) is 0. The van der Waals surface area contributed by atoms with Gasteiger partial charge in [0.05, 0.1) is 0 Å². The molecular weight excluding hydrogens is 355 g/mol. The van der Waals surface area contributed by atoms with Crippen LogP contribution >= 0.6 is 0 Å². The molecule has 3 aliphatic carbocycles. The van der Waals surface area contributed by atoms with Crippen molar-refractivity contribution in [2.24, 2.45) is 35.5 Å². The van der Waals surface area contributed by atoms with Crippen LogP contribution in [-0.4, -0.2) is 0 Å². The minimum Gasteiger partial charge on any atom is -0.242 e. The highest BCUT2D eigenvalue weighted by atomic mass is 19.1. The van der Waals surface area contributed by atoms with Crippen LogP contribution in [0.15, 0.2) is 30.3 Å². The normalized spacial score (nSPS) is 37.2. The van der Waals surface area contributed by atoms with Crippen LogP contribution in [0.5, 0.6) is 0 Å². The summed E-state index contributed by atoms with van der Waals surface area (Å²) in [6.07, 6.45) is 18.8. The summed E-state index contributed by atoms with van der Waals surface area (Å²) in [6, 6.07) is 9.87. The summed E-state index contributed by atoms with van der Waals surface area (Å²) < 4.78 is 14.9. The lowest BCUT2D eigenvalue weighted by atomic mass is 9.64. The first kappa shape index (κ1) is 21.4. The van der Waals surface area contributed by atoms with Crippen molar-refractivity contribution in [2.75, 3.05) is 0 Å². The first-order valence-corrected chi connectivity index (χ1v) is 12.9. The number of rotatable bonds is 6. The summed E-state index contributed by atoms with van der Waals surface area (Å²) in [5, 5.41) is 0. The van der Waals surface area contributed by atoms with Crippen molar-refractivity contribution in [3.05, 3.63) is 35.9 Å². The van der Waals surface area contributed by atoms with Crippen LogP contribution in [0.2, 0.25) is 0 Å². The molecule has 1 aromatic rings. The molecule has 0 N–H and O–H groups in total. The molecule has 1 unspecified atom stereocenters. The fourth-order valence-corrected chi connectivity index (χ4v) is 7.26. The van der Waals surface area contributed by atoms with Gasteiger partial charge in [-0.25, -0.2) is 4.39 Å². The maximum Gasteiger partial charge on any atom is 0.128 e. The third kappa shape index (κ3) is 5.45. The monoisotopic (exact) mass is 398 g/mol. The van der Waals surface area contributed by atoms with Crippen LogP contribution in [-0.2, 0) is 0 Å². The molecule has 0 amide bonds. The van der Waals surface area contributed by atoms with Crippen molar-refractivity contribution in [1.82, 2.24) is 0 Å². The Bertz CT molecular complexity index is 572. The average Bonchev–Trinajstić information content (AvgIpc) is 2.80. The van der Waals surface area contributed by atoms with Crippen molar-refractivity contribution in [1.29, 1.82) is 0 Å². The third-order valence-electron chi connectivity index (χ3n) is 9.09. The molecule has 3 saturated carbocycles. The Hall–Kier alpha value is -0.850. The van der Waals surface area contributed by atoms with E-state index in [0.717, 1.165) is 48.0 Å². The van der Waals surface area contributed by atoms with Gasteiger partial charge in [0.15, 0.2) is 0 Å². The second-order valence-corrected chi connectivity index (χ2v) is 10.7. The lowest BCUT2D eigenvalue weighted by Gasteiger charge is -2.41. The Morgan fingerprint density at radius 1 is 0.690 bits per heavy atom. The Labute approximate surface area is 179 Å². The first-order valence-electron chi connectivity index (χ1n) is 12.9. The Morgan fingerprint density at radius 2 is 1.14 bits per heavy atom. The predicted octanol–water partition coefficient (Wildman–Crippen LogP) is 8.92. The van der Waals surface area contributed by atoms with Gasteiger partial charge in [0.1, 0.15) is 6.17 Å². The topological polar surface area (TPSA) is 0 Å². The van der Waals surface area contributed by atoms with Crippen LogP contribution in [0.25, 0.3) is 0 Å². The summed E-state index contributed by atoms with van der Waals surface area (Å²) in [5.74, 6) is 5.19. The first-order chi connectivity index (χ1) is 14.2. The van der Waals surface area contributed by atoms with Crippen LogP contribution in [0.1, 0.15) is 109 Å². The SMILES string of the molecule is CCCC1CCC(C2CCC(C3CCC(C(F)c4ccccc4)CC3)CC2)CC1. The quantitative estimate of drug-likeness (QED) is 0.448. The van der Waals surface area contributed by atoms with E-state index in [1.54, 1.807) is 0 Å². The molecule has 0 radical (unpaired) electrons. The number of halogens is 1. The standard InChI is InChI=1S/C28H43F/c1-2-6-21-9-11-22(12-10-21)23-13-15-24(16-14-23)25-17-19-27(20-18-25)28(29)26-7-4-3-5-8-26/h3-5,7-8,21-25,27-28H,2,6,9-20H2,1H3. The summed E-state index contributed by atoms with van der Waals surface area (Å²) >= 11 is 0. The van der Waals surface area contributed by atoms with Gasteiger partial charge in [-0.05, 0) is 105 Å². The highest BCUT2D eigenvalue weighted by Crippen LogP contribution is 2.47. The van der Waals surface area contributed by atoms with E-state index in [1.807, 2.05) is 30.3 Å². The fraction of sp³-hybridized carbons (Fsp3) is 0.786. The summed E-state index contributed by atoms with van der Waals surface area (Å²) in [6.45, 7) is 2.34. The van der Waals surface area contributed by atoms with Gasteiger partial charge >= 0.3 is 0 Å². The Balaban J connectivity index is 1.19. The van der Waals surface area contributed by atoms with E-state index in [2.05, 4.69) is 6.92 Å². The van der Waals surface area contributed by atoms with Gasteiger partial charge in [0, 0.05) is 0 Å². The highest BCUT2D eigenvalue weighted by Gasteiger charge is 2.36. The molecule has 0 saturated heterocycles. The summed E-state index contributed by atoms with van der Waals surface area (Å²) in [4.78, 5) is 0. The Kier molecular flexibility index (Phi) is 7.71. The van der Waals surface area contributed by atoms with E-state index in [9.17, 15) is 4.39 Å². The maximum atomic E-state index is 14.9. The van der Waals surface area contributed by atoms with Gasteiger partial charge in [-0.1, -0.05) is 62.9 Å². The van der Waals surface area contributed by atoms with Crippen molar-refractivity contribution in [2.45, 2.75) is 103 Å². The van der Waals surface area contributed by atoms with Gasteiger partial charge in [-0.15, -0.1) is 0 Å². The van der Waals surface area contributed by atoms with Crippen LogP contribution in [0.3, 0.4) is 0 Å². The molecule has 0 aliphatic heterocycles. The second-order valence-electron chi connectivity index (χ2n) is 10.7. The number of alkyl halides is 1. The number of hydrogen-bond donors (Lipinski definition) is 0. The molecular formula is C28H43F. The van der Waals surface area contributed by atoms with Gasteiger partial charge in [-0.2, -0.15) is 0 Å². The molecule has 0 spiro atoms. The fourth-order valence-electron chi connectivity index (χ4n) is 7.26. The zero-order valence-corrected chi connectivity index (χ0v) is 18.7. The third-order valence-corrected chi connectivity index (χ3v) is 9.09. The van der Waals surface area contributed by atoms with Crippen LogP contribution in [0, 0.1) is 35.5 Å². The number of benzene rings is 1. The molecule has 3 aliphatic rings. The van der Waals surface area contributed by atoms with Crippen molar-refractivity contribution >= 4 is 0 Å². The van der Waals surface area contributed by atoms with E-state index in [4.69, 9.17) is 0 Å². The lowest BCUT2D eigenvalue weighted by molar-refractivity contribution is 0.0871. The smallest absolute Gasteiger partial charge is 0.128 e. The molecule has 4 rings (SSSR count). The van der Waals surface area contributed by atoms with Gasteiger partial charge in [0.2, 0.25) is 0 Å². The molecule has 0 bridgehead atoms. The molecule has 162 valence electrons. The molecule has 1 heteroatoms. The lowest BCUT2D eigenvalue weighted by Crippen LogP contribution is -2.30. The van der Waals surface area contributed by atoms with E-state index in [0.29, 0.717) is 0 Å². The van der Waals surface area contributed by atoms with Crippen LogP contribution in [0.4, 0.5) is 4.39 Å². The molecule has 0 nitrogen and oxygen atoms in total. The zero-order chi connectivity index (χ0) is 20.1. The van der Waals surface area contributed by atoms with Crippen molar-refractivity contribution < 1.29 is 4.39 Å². The largest absolute Gasteiger partial charge is 0.242 e. The Morgan fingerprint density at radius 3 is 1.62 bits per heavy atom. The molecule has 1 aromatic carbocycles. The predicted molar refractivity (Wildman–Crippen MR) is 122 cm³/mol. The second kappa shape index (κ2) is 10.5. The molecule has 29 heavy (non-hydrogen) atoms. The van der Waals surface area contributed by atoms with E-state index in [-0.39, 0.29) is 5.92 Å². The van der Waals surface area contributed by atoms with Crippen LogP contribution < -0.4 is 0 Å². The summed E-state index contributed by atoms with van der Waals surface area (Å²) in [7, 11) is 0. The average molecular weight is 399 g/mol. The maximum absolute atomic E-state index is 14.9. The van der Waals surface area contributed by atoms with Gasteiger partial charge < -0.3 is 0 Å².